The number of aryl methyl sites for hydroxylation is 2. The third-order valence-corrected chi connectivity index (χ3v) is 4.76. The number of nitrogens with zero attached hydrogens (tertiary/aromatic N) is 3. The van der Waals surface area contributed by atoms with Gasteiger partial charge in [-0.1, -0.05) is 0 Å². The first-order valence-corrected chi connectivity index (χ1v) is 8.56. The SMILES string of the molecule is COc1ccc([C@H]2CCCN2C(=O)Cn2nc(C)cc2C)c(OC)c1. The van der Waals surface area contributed by atoms with E-state index in [1.54, 1.807) is 18.9 Å². The van der Waals surface area contributed by atoms with E-state index in [0.717, 1.165) is 47.8 Å². The highest BCUT2D eigenvalue weighted by Crippen LogP contribution is 2.38. The fourth-order valence-corrected chi connectivity index (χ4v) is 3.54. The lowest BCUT2D eigenvalue weighted by atomic mass is 10.0. The molecule has 0 N–H and O–H groups in total. The maximum Gasteiger partial charge on any atom is 0.244 e. The van der Waals surface area contributed by atoms with E-state index in [1.165, 1.54) is 0 Å². The number of amides is 1. The Morgan fingerprint density at radius 3 is 2.68 bits per heavy atom. The highest BCUT2D eigenvalue weighted by Gasteiger charge is 2.32. The molecule has 6 nitrogen and oxygen atoms in total. The molecule has 2 aromatic rings. The summed E-state index contributed by atoms with van der Waals surface area (Å²) in [6.45, 7) is 4.95. The van der Waals surface area contributed by atoms with Crippen LogP contribution in [0.25, 0.3) is 0 Å². The quantitative estimate of drug-likeness (QED) is 0.838. The fourth-order valence-electron chi connectivity index (χ4n) is 3.54. The van der Waals surface area contributed by atoms with E-state index in [2.05, 4.69) is 5.10 Å². The zero-order valence-corrected chi connectivity index (χ0v) is 15.3. The molecule has 0 radical (unpaired) electrons. The number of methoxy groups -OCH3 is 2. The van der Waals surface area contributed by atoms with E-state index in [-0.39, 0.29) is 18.5 Å². The van der Waals surface area contributed by atoms with Crippen molar-refractivity contribution in [2.45, 2.75) is 39.3 Å². The summed E-state index contributed by atoms with van der Waals surface area (Å²) < 4.78 is 12.6. The largest absolute Gasteiger partial charge is 0.497 e. The van der Waals surface area contributed by atoms with Gasteiger partial charge in [0.05, 0.1) is 26.0 Å². The summed E-state index contributed by atoms with van der Waals surface area (Å²) >= 11 is 0. The normalized spacial score (nSPS) is 17.0. The summed E-state index contributed by atoms with van der Waals surface area (Å²) in [5.41, 5.74) is 2.96. The van der Waals surface area contributed by atoms with Gasteiger partial charge in [0.25, 0.3) is 0 Å². The Morgan fingerprint density at radius 2 is 2.04 bits per heavy atom. The highest BCUT2D eigenvalue weighted by molar-refractivity contribution is 5.77. The van der Waals surface area contributed by atoms with Gasteiger partial charge in [0.15, 0.2) is 0 Å². The fraction of sp³-hybridized carbons (Fsp3) is 0.474. The minimum Gasteiger partial charge on any atom is -0.497 e. The molecule has 2 heterocycles. The van der Waals surface area contributed by atoms with Gasteiger partial charge in [-0.05, 0) is 44.9 Å². The lowest BCUT2D eigenvalue weighted by molar-refractivity contribution is -0.133. The molecule has 0 unspecified atom stereocenters. The van der Waals surface area contributed by atoms with Crippen molar-refractivity contribution in [2.24, 2.45) is 0 Å². The van der Waals surface area contributed by atoms with Crippen LogP contribution in [0.15, 0.2) is 24.3 Å². The van der Waals surface area contributed by atoms with E-state index < -0.39 is 0 Å². The molecule has 1 amide bonds. The zero-order chi connectivity index (χ0) is 18.0. The van der Waals surface area contributed by atoms with Crippen molar-refractivity contribution in [2.75, 3.05) is 20.8 Å². The van der Waals surface area contributed by atoms with Crippen LogP contribution in [0.1, 0.15) is 35.8 Å². The molecular formula is C19H25N3O3. The van der Waals surface area contributed by atoms with E-state index >= 15 is 0 Å². The van der Waals surface area contributed by atoms with Gasteiger partial charge in [-0.15, -0.1) is 0 Å². The molecular weight excluding hydrogens is 318 g/mol. The van der Waals surface area contributed by atoms with Crippen LogP contribution < -0.4 is 9.47 Å². The Bertz CT molecular complexity index is 769. The van der Waals surface area contributed by atoms with Crippen molar-refractivity contribution in [3.05, 3.63) is 41.2 Å². The Labute approximate surface area is 148 Å². The van der Waals surface area contributed by atoms with Crippen molar-refractivity contribution in [3.63, 3.8) is 0 Å². The Hall–Kier alpha value is -2.50. The first kappa shape index (κ1) is 17.3. The van der Waals surface area contributed by atoms with Gasteiger partial charge in [0.2, 0.25) is 5.91 Å². The number of aromatic nitrogens is 2. The highest BCUT2D eigenvalue weighted by atomic mass is 16.5. The van der Waals surface area contributed by atoms with Crippen LogP contribution in [-0.4, -0.2) is 41.4 Å². The maximum absolute atomic E-state index is 12.9. The van der Waals surface area contributed by atoms with Gasteiger partial charge in [-0.2, -0.15) is 5.10 Å². The molecule has 134 valence electrons. The molecule has 1 aromatic carbocycles. The number of carbonyl (C=O) groups is 1. The van der Waals surface area contributed by atoms with Gasteiger partial charge in [0, 0.05) is 23.9 Å². The summed E-state index contributed by atoms with van der Waals surface area (Å²) in [5.74, 6) is 1.60. The van der Waals surface area contributed by atoms with E-state index in [9.17, 15) is 4.79 Å². The monoisotopic (exact) mass is 343 g/mol. The van der Waals surface area contributed by atoms with Crippen molar-refractivity contribution in [1.82, 2.24) is 14.7 Å². The van der Waals surface area contributed by atoms with Gasteiger partial charge in [-0.25, -0.2) is 0 Å². The number of likely N-dealkylation sites (tertiary alicyclic amines) is 1. The van der Waals surface area contributed by atoms with E-state index in [1.807, 2.05) is 43.0 Å². The molecule has 1 aliphatic rings. The molecule has 3 rings (SSSR count). The molecule has 0 aliphatic carbocycles. The summed E-state index contributed by atoms with van der Waals surface area (Å²) in [4.78, 5) is 14.8. The number of hydrogen-bond acceptors (Lipinski definition) is 4. The topological polar surface area (TPSA) is 56.6 Å². The van der Waals surface area contributed by atoms with Crippen LogP contribution in [0, 0.1) is 13.8 Å². The van der Waals surface area contributed by atoms with Crippen molar-refractivity contribution in [3.8, 4) is 11.5 Å². The third kappa shape index (κ3) is 3.48. The zero-order valence-electron chi connectivity index (χ0n) is 15.3. The van der Waals surface area contributed by atoms with E-state index in [0.29, 0.717) is 0 Å². The minimum absolute atomic E-state index is 0.0327. The molecule has 1 aliphatic heterocycles. The average Bonchev–Trinajstić information content (AvgIpc) is 3.20. The number of benzene rings is 1. The minimum atomic E-state index is 0.0327. The van der Waals surface area contributed by atoms with Gasteiger partial charge in [0.1, 0.15) is 18.0 Å². The standard InChI is InChI=1S/C19H25N3O3/c1-13-10-14(2)22(20-13)12-19(23)21-9-5-6-17(21)16-8-7-15(24-3)11-18(16)25-4/h7-8,10-11,17H,5-6,9,12H2,1-4H3/t17-/m1/s1. The number of ether oxygens (including phenoxy) is 2. The Morgan fingerprint density at radius 1 is 1.24 bits per heavy atom. The Kier molecular flexibility index (Phi) is 4.97. The summed E-state index contributed by atoms with van der Waals surface area (Å²) in [7, 11) is 3.28. The molecule has 1 fully saturated rings. The van der Waals surface area contributed by atoms with Crippen molar-refractivity contribution in [1.29, 1.82) is 0 Å². The van der Waals surface area contributed by atoms with Crippen LogP contribution in [0.5, 0.6) is 11.5 Å². The lowest BCUT2D eigenvalue weighted by Crippen LogP contribution is -2.34. The summed E-state index contributed by atoms with van der Waals surface area (Å²) in [6.07, 6.45) is 1.92. The van der Waals surface area contributed by atoms with Gasteiger partial charge in [-0.3, -0.25) is 9.48 Å². The van der Waals surface area contributed by atoms with Gasteiger partial charge >= 0.3 is 0 Å². The van der Waals surface area contributed by atoms with Crippen LogP contribution in [0.3, 0.4) is 0 Å². The molecule has 6 heteroatoms. The van der Waals surface area contributed by atoms with Crippen LogP contribution in [0.4, 0.5) is 0 Å². The third-order valence-electron chi connectivity index (χ3n) is 4.76. The molecule has 0 saturated carbocycles. The predicted molar refractivity (Wildman–Crippen MR) is 94.9 cm³/mol. The van der Waals surface area contributed by atoms with Crippen molar-refractivity contribution >= 4 is 5.91 Å². The lowest BCUT2D eigenvalue weighted by Gasteiger charge is -2.26. The smallest absolute Gasteiger partial charge is 0.244 e. The first-order chi connectivity index (χ1) is 12.0. The molecule has 25 heavy (non-hydrogen) atoms. The predicted octanol–water partition coefficient (Wildman–Crippen LogP) is 2.88. The Balaban J connectivity index is 1.83. The van der Waals surface area contributed by atoms with Gasteiger partial charge < -0.3 is 14.4 Å². The molecule has 1 aromatic heterocycles. The second-order valence-corrected chi connectivity index (χ2v) is 6.44. The number of hydrogen-bond donors (Lipinski definition) is 0. The summed E-state index contributed by atoms with van der Waals surface area (Å²) in [5, 5.41) is 4.40. The van der Waals surface area contributed by atoms with Crippen LogP contribution >= 0.6 is 0 Å². The van der Waals surface area contributed by atoms with Crippen molar-refractivity contribution < 1.29 is 14.3 Å². The number of rotatable bonds is 5. The first-order valence-electron chi connectivity index (χ1n) is 8.56. The molecule has 0 bridgehead atoms. The molecule has 0 spiro atoms. The molecule has 1 saturated heterocycles. The second-order valence-electron chi connectivity index (χ2n) is 6.44. The average molecular weight is 343 g/mol. The maximum atomic E-state index is 12.9. The second kappa shape index (κ2) is 7.17. The van der Waals surface area contributed by atoms with Crippen LogP contribution in [-0.2, 0) is 11.3 Å². The molecule has 1 atom stereocenters. The van der Waals surface area contributed by atoms with E-state index in [4.69, 9.17) is 9.47 Å². The summed E-state index contributed by atoms with van der Waals surface area (Å²) in [6, 6.07) is 7.81. The van der Waals surface area contributed by atoms with Crippen LogP contribution in [0.2, 0.25) is 0 Å². The number of carbonyl (C=O) groups excluding carboxylic acids is 1.